The van der Waals surface area contributed by atoms with Crippen molar-refractivity contribution in [2.75, 3.05) is 19.8 Å². The zero-order valence-electron chi connectivity index (χ0n) is 37.4. The molecule has 1 atom stereocenters. The van der Waals surface area contributed by atoms with Gasteiger partial charge in [0.15, 0.2) is 6.10 Å². The van der Waals surface area contributed by atoms with Crippen molar-refractivity contribution in [1.82, 2.24) is 0 Å². The molecule has 0 aliphatic carbocycles. The van der Waals surface area contributed by atoms with E-state index in [0.717, 1.165) is 64.2 Å². The first kappa shape index (κ1) is 53.9. The molecule has 0 N–H and O–H groups in total. The molecule has 0 saturated carbocycles. The quantitative estimate of drug-likeness (QED) is 0.0350. The highest BCUT2D eigenvalue weighted by molar-refractivity contribution is 5.70. The van der Waals surface area contributed by atoms with E-state index < -0.39 is 6.10 Å². The van der Waals surface area contributed by atoms with Crippen molar-refractivity contribution >= 4 is 11.9 Å². The van der Waals surface area contributed by atoms with Crippen LogP contribution in [0.5, 0.6) is 0 Å². The number of allylic oxidation sites excluding steroid dienone is 8. The summed E-state index contributed by atoms with van der Waals surface area (Å²) in [4.78, 5) is 25.2. The molecule has 0 aromatic heterocycles. The van der Waals surface area contributed by atoms with Crippen LogP contribution >= 0.6 is 0 Å². The lowest BCUT2D eigenvalue weighted by atomic mass is 10.0. The Labute approximate surface area is 348 Å². The molecule has 0 amide bonds. The SMILES string of the molecule is CC/C=C\C/C=C\C/C=C\C/C=C\CCCOCC(COC(=O)CCCCCCCCCCCCCCCCCCC)OC(=O)CCCCCCCCCCC. The van der Waals surface area contributed by atoms with E-state index in [4.69, 9.17) is 14.2 Å². The van der Waals surface area contributed by atoms with E-state index in [-0.39, 0.29) is 25.2 Å². The predicted octanol–water partition coefficient (Wildman–Crippen LogP) is 16.0. The van der Waals surface area contributed by atoms with Crippen LogP contribution < -0.4 is 0 Å². The van der Waals surface area contributed by atoms with Crippen molar-refractivity contribution in [1.29, 1.82) is 0 Å². The summed E-state index contributed by atoms with van der Waals surface area (Å²) < 4.78 is 17.3. The Bertz CT molecular complexity index is 935. The highest BCUT2D eigenvalue weighted by Gasteiger charge is 2.17. The van der Waals surface area contributed by atoms with E-state index in [2.05, 4.69) is 69.4 Å². The van der Waals surface area contributed by atoms with Crippen molar-refractivity contribution in [3.05, 3.63) is 48.6 Å². The van der Waals surface area contributed by atoms with Gasteiger partial charge in [0.05, 0.1) is 6.61 Å². The normalized spacial score (nSPS) is 12.6. The molecule has 326 valence electrons. The van der Waals surface area contributed by atoms with E-state index in [0.29, 0.717) is 19.4 Å². The summed E-state index contributed by atoms with van der Waals surface area (Å²) in [5.41, 5.74) is 0. The largest absolute Gasteiger partial charge is 0.462 e. The molecule has 56 heavy (non-hydrogen) atoms. The van der Waals surface area contributed by atoms with Crippen LogP contribution in [0.2, 0.25) is 0 Å². The van der Waals surface area contributed by atoms with Gasteiger partial charge in [0.25, 0.3) is 0 Å². The van der Waals surface area contributed by atoms with Gasteiger partial charge < -0.3 is 14.2 Å². The monoisotopic (exact) mass is 785 g/mol. The summed E-state index contributed by atoms with van der Waals surface area (Å²) >= 11 is 0. The second kappa shape index (κ2) is 47.2. The smallest absolute Gasteiger partial charge is 0.306 e. The molecular weight excluding hydrogens is 693 g/mol. The van der Waals surface area contributed by atoms with E-state index >= 15 is 0 Å². The van der Waals surface area contributed by atoms with Gasteiger partial charge in [-0.05, 0) is 51.4 Å². The van der Waals surface area contributed by atoms with E-state index in [1.807, 2.05) is 0 Å². The Morgan fingerprint density at radius 1 is 0.411 bits per heavy atom. The van der Waals surface area contributed by atoms with Crippen LogP contribution in [0.15, 0.2) is 48.6 Å². The van der Waals surface area contributed by atoms with Gasteiger partial charge in [-0.15, -0.1) is 0 Å². The van der Waals surface area contributed by atoms with Crippen molar-refractivity contribution in [2.45, 2.75) is 245 Å². The lowest BCUT2D eigenvalue weighted by Crippen LogP contribution is -2.30. The van der Waals surface area contributed by atoms with Gasteiger partial charge in [-0.1, -0.05) is 223 Å². The van der Waals surface area contributed by atoms with Gasteiger partial charge in [0.2, 0.25) is 0 Å². The second-order valence-electron chi connectivity index (χ2n) is 16.0. The summed E-state index contributed by atoms with van der Waals surface area (Å²) in [5.74, 6) is -0.421. The first-order valence-corrected chi connectivity index (χ1v) is 24.2. The minimum Gasteiger partial charge on any atom is -0.462 e. The molecule has 0 heterocycles. The van der Waals surface area contributed by atoms with Crippen LogP contribution in [0.4, 0.5) is 0 Å². The Morgan fingerprint density at radius 3 is 1.21 bits per heavy atom. The van der Waals surface area contributed by atoms with Crippen LogP contribution in [0, 0.1) is 0 Å². The molecule has 0 aliphatic rings. The maximum Gasteiger partial charge on any atom is 0.306 e. The van der Waals surface area contributed by atoms with Crippen LogP contribution in [0.3, 0.4) is 0 Å². The summed E-state index contributed by atoms with van der Waals surface area (Å²) in [6.45, 7) is 7.59. The third kappa shape index (κ3) is 44.6. The molecule has 0 saturated heterocycles. The molecule has 0 aromatic rings. The zero-order valence-corrected chi connectivity index (χ0v) is 37.4. The Morgan fingerprint density at radius 2 is 0.786 bits per heavy atom. The van der Waals surface area contributed by atoms with Crippen LogP contribution in [-0.2, 0) is 23.8 Å². The number of carbonyl (C=O) groups is 2. The number of hydrogen-bond donors (Lipinski definition) is 0. The Balaban J connectivity index is 4.23. The molecule has 5 nitrogen and oxygen atoms in total. The summed E-state index contributed by atoms with van der Waals surface area (Å²) in [5, 5.41) is 0. The summed E-state index contributed by atoms with van der Waals surface area (Å²) in [6, 6.07) is 0. The molecule has 0 aromatic carbocycles. The Kier molecular flexibility index (Phi) is 45.4. The van der Waals surface area contributed by atoms with Gasteiger partial charge in [0.1, 0.15) is 6.61 Å². The van der Waals surface area contributed by atoms with E-state index in [9.17, 15) is 9.59 Å². The van der Waals surface area contributed by atoms with Crippen molar-refractivity contribution in [3.8, 4) is 0 Å². The average molecular weight is 785 g/mol. The number of rotatable bonds is 44. The van der Waals surface area contributed by atoms with Gasteiger partial charge in [-0.2, -0.15) is 0 Å². The minimum atomic E-state index is -0.557. The van der Waals surface area contributed by atoms with Gasteiger partial charge in [-0.25, -0.2) is 0 Å². The molecule has 0 spiro atoms. The average Bonchev–Trinajstić information content (AvgIpc) is 3.20. The molecule has 0 aliphatic heterocycles. The van der Waals surface area contributed by atoms with Crippen molar-refractivity contribution in [2.24, 2.45) is 0 Å². The topological polar surface area (TPSA) is 61.8 Å². The van der Waals surface area contributed by atoms with Crippen LogP contribution in [0.1, 0.15) is 239 Å². The lowest BCUT2D eigenvalue weighted by molar-refractivity contribution is -0.163. The predicted molar refractivity (Wildman–Crippen MR) is 242 cm³/mol. The maximum atomic E-state index is 12.7. The first-order valence-electron chi connectivity index (χ1n) is 24.2. The minimum absolute atomic E-state index is 0.0676. The first-order chi connectivity index (χ1) is 27.6. The van der Waals surface area contributed by atoms with Gasteiger partial charge in [0, 0.05) is 19.4 Å². The third-order valence-electron chi connectivity index (χ3n) is 10.4. The second-order valence-corrected chi connectivity index (χ2v) is 16.0. The molecule has 0 radical (unpaired) electrons. The molecule has 1 unspecified atom stereocenters. The van der Waals surface area contributed by atoms with Crippen LogP contribution in [-0.4, -0.2) is 37.9 Å². The number of ether oxygens (including phenoxy) is 3. The van der Waals surface area contributed by atoms with E-state index in [1.165, 1.54) is 141 Å². The highest BCUT2D eigenvalue weighted by atomic mass is 16.6. The molecule has 0 rings (SSSR count). The fourth-order valence-corrected chi connectivity index (χ4v) is 6.81. The number of unbranched alkanes of at least 4 members (excludes halogenated alkanes) is 25. The molecular formula is C51H92O5. The van der Waals surface area contributed by atoms with Crippen molar-refractivity contribution < 1.29 is 23.8 Å². The number of esters is 2. The fraction of sp³-hybridized carbons (Fsp3) is 0.804. The fourth-order valence-electron chi connectivity index (χ4n) is 6.81. The third-order valence-corrected chi connectivity index (χ3v) is 10.4. The summed E-state index contributed by atoms with van der Waals surface area (Å²) in [7, 11) is 0. The van der Waals surface area contributed by atoms with Gasteiger partial charge >= 0.3 is 11.9 Å². The molecule has 0 bridgehead atoms. The summed E-state index contributed by atoms with van der Waals surface area (Å²) in [6.07, 6.45) is 57.0. The number of hydrogen-bond acceptors (Lipinski definition) is 5. The number of carbonyl (C=O) groups excluding carboxylic acids is 2. The van der Waals surface area contributed by atoms with Gasteiger partial charge in [-0.3, -0.25) is 9.59 Å². The highest BCUT2D eigenvalue weighted by Crippen LogP contribution is 2.15. The lowest BCUT2D eigenvalue weighted by Gasteiger charge is -2.18. The standard InChI is InChI=1S/C51H92O5/c1-4-7-10-13-16-19-21-23-25-26-27-28-30-33-35-38-41-44-50(52)55-48-49(56-51(53)45-42-39-36-32-18-15-12-9-6-3)47-54-46-43-40-37-34-31-29-24-22-20-17-14-11-8-5-2/h8,11,17,20,24,29,34,37,49H,4-7,9-10,12-16,18-19,21-23,25-28,30-33,35-36,38-48H2,1-3H3/b11-8-,20-17-,29-24-,37-34-. The van der Waals surface area contributed by atoms with Crippen molar-refractivity contribution in [3.63, 3.8) is 0 Å². The van der Waals surface area contributed by atoms with E-state index in [1.54, 1.807) is 0 Å². The van der Waals surface area contributed by atoms with Crippen LogP contribution in [0.25, 0.3) is 0 Å². The molecule has 0 fully saturated rings. The Hall–Kier alpha value is -2.14. The zero-order chi connectivity index (χ0) is 40.7. The maximum absolute atomic E-state index is 12.7. The molecule has 5 heteroatoms.